The molecule has 0 spiro atoms. The highest BCUT2D eigenvalue weighted by Crippen LogP contribution is 2.43. The summed E-state index contributed by atoms with van der Waals surface area (Å²) < 4.78 is 33.8. The standard InChI is InChI=1S/C46H80O5Si2/c1-14-53(15-2,16-3)47-26-20-23-39-29-35(6)42(49-39)25-24-40-28-34(5)36(7)44(50-40)31-45-41(30-38-21-18-17-19-22-38)37(8)43(51-45)27-33(4)32-48-52(12,13)46(9,10)11/h17-19,21-22,33-34,37,39-45H,6-7,14-16,20,23-32H2,1-5,8-13H3/t33-,34+,37+,39-,40-,41+,42?,43+,44+,45?/m0/s1. The molecule has 0 amide bonds. The van der Waals surface area contributed by atoms with Crippen LogP contribution in [0.5, 0.6) is 0 Å². The minimum absolute atomic E-state index is 0.0165. The van der Waals surface area contributed by atoms with Crippen LogP contribution in [-0.2, 0) is 29.5 Å². The molecule has 4 rings (SSSR count). The van der Waals surface area contributed by atoms with Crippen molar-refractivity contribution in [2.24, 2.45) is 23.7 Å². The molecule has 3 aliphatic heterocycles. The van der Waals surface area contributed by atoms with Crippen molar-refractivity contribution in [2.75, 3.05) is 13.2 Å². The molecule has 0 saturated carbocycles. The summed E-state index contributed by atoms with van der Waals surface area (Å²) in [7, 11) is -3.31. The van der Waals surface area contributed by atoms with Crippen LogP contribution in [-0.4, -0.2) is 66.5 Å². The van der Waals surface area contributed by atoms with Crippen LogP contribution >= 0.6 is 0 Å². The molecular formula is C46H80O5Si2. The summed E-state index contributed by atoms with van der Waals surface area (Å²) in [4.78, 5) is 0. The predicted molar refractivity (Wildman–Crippen MR) is 229 cm³/mol. The minimum atomic E-state index is -1.79. The van der Waals surface area contributed by atoms with E-state index in [4.69, 9.17) is 23.1 Å². The summed E-state index contributed by atoms with van der Waals surface area (Å²) in [6, 6.07) is 14.6. The Kier molecular flexibility index (Phi) is 16.7. The van der Waals surface area contributed by atoms with Crippen LogP contribution in [0.1, 0.15) is 119 Å². The lowest BCUT2D eigenvalue weighted by atomic mass is 9.78. The van der Waals surface area contributed by atoms with E-state index in [1.807, 2.05) is 0 Å². The van der Waals surface area contributed by atoms with E-state index in [1.54, 1.807) is 0 Å². The van der Waals surface area contributed by atoms with E-state index < -0.39 is 16.6 Å². The number of hydrogen-bond donors (Lipinski definition) is 0. The van der Waals surface area contributed by atoms with Gasteiger partial charge in [0.2, 0.25) is 0 Å². The smallest absolute Gasteiger partial charge is 0.191 e. The quantitative estimate of drug-likeness (QED) is 0.0751. The summed E-state index contributed by atoms with van der Waals surface area (Å²) in [5.41, 5.74) is 3.89. The van der Waals surface area contributed by atoms with Crippen LogP contribution < -0.4 is 0 Å². The van der Waals surface area contributed by atoms with Crippen LogP contribution in [0.4, 0.5) is 0 Å². The van der Waals surface area contributed by atoms with Crippen LogP contribution in [0, 0.1) is 23.7 Å². The van der Waals surface area contributed by atoms with Crippen molar-refractivity contribution in [1.82, 2.24) is 0 Å². The molecule has 302 valence electrons. The zero-order valence-corrected chi connectivity index (χ0v) is 38.0. The molecule has 0 bridgehead atoms. The van der Waals surface area contributed by atoms with Gasteiger partial charge in [-0.2, -0.15) is 0 Å². The lowest BCUT2D eigenvalue weighted by Crippen LogP contribution is -2.42. The molecule has 0 aliphatic carbocycles. The Hall–Kier alpha value is -1.07. The highest BCUT2D eigenvalue weighted by atomic mass is 28.4. The third-order valence-corrected chi connectivity index (χ3v) is 23.3. The predicted octanol–water partition coefficient (Wildman–Crippen LogP) is 12.3. The molecular weight excluding hydrogens is 689 g/mol. The second-order valence-electron chi connectivity index (χ2n) is 19.0. The largest absolute Gasteiger partial charge is 0.417 e. The van der Waals surface area contributed by atoms with Crippen LogP contribution in [0.3, 0.4) is 0 Å². The number of ether oxygens (including phenoxy) is 3. The Balaban J connectivity index is 1.33. The maximum atomic E-state index is 7.09. The first-order valence-corrected chi connectivity index (χ1v) is 27.1. The van der Waals surface area contributed by atoms with Crippen LogP contribution in [0.15, 0.2) is 54.6 Å². The van der Waals surface area contributed by atoms with Crippen molar-refractivity contribution in [3.05, 3.63) is 60.2 Å². The third kappa shape index (κ3) is 12.2. The molecule has 0 radical (unpaired) electrons. The molecule has 5 nitrogen and oxygen atoms in total. The van der Waals surface area contributed by atoms with Gasteiger partial charge >= 0.3 is 0 Å². The fraction of sp³-hybridized carbons (Fsp3) is 0.783. The van der Waals surface area contributed by atoms with Gasteiger partial charge in [0, 0.05) is 19.6 Å². The summed E-state index contributed by atoms with van der Waals surface area (Å²) in [6.45, 7) is 36.4. The monoisotopic (exact) mass is 769 g/mol. The van der Waals surface area contributed by atoms with Crippen LogP contribution in [0.25, 0.3) is 0 Å². The van der Waals surface area contributed by atoms with E-state index in [0.717, 1.165) is 71.0 Å². The van der Waals surface area contributed by atoms with E-state index in [2.05, 4.69) is 119 Å². The Labute approximate surface area is 328 Å². The van der Waals surface area contributed by atoms with Crippen molar-refractivity contribution in [3.8, 4) is 0 Å². The maximum absolute atomic E-state index is 7.09. The van der Waals surface area contributed by atoms with Gasteiger partial charge < -0.3 is 23.1 Å². The second-order valence-corrected chi connectivity index (χ2v) is 28.5. The molecule has 53 heavy (non-hydrogen) atoms. The fourth-order valence-electron chi connectivity index (χ4n) is 8.88. The molecule has 10 atom stereocenters. The molecule has 3 saturated heterocycles. The SMILES string of the molecule is C=C1C[C@H](CCCO[Si](CC)(CC)CC)OC1CC[C@H]1C[C@@H](C)C(=C)[C@@H](CC2O[C@H](C[C@H](C)CO[Si](C)(C)C(C)(C)C)[C@H](C)[C@H]2Cc2ccccc2)O1. The van der Waals surface area contributed by atoms with Gasteiger partial charge in [0.1, 0.15) is 0 Å². The maximum Gasteiger partial charge on any atom is 0.191 e. The van der Waals surface area contributed by atoms with E-state index in [1.165, 1.54) is 34.8 Å². The number of hydrogen-bond acceptors (Lipinski definition) is 5. The Morgan fingerprint density at radius 3 is 2.15 bits per heavy atom. The summed E-state index contributed by atoms with van der Waals surface area (Å²) >= 11 is 0. The average Bonchev–Trinajstić information content (AvgIpc) is 3.62. The molecule has 0 N–H and O–H groups in total. The van der Waals surface area contributed by atoms with Gasteiger partial charge in [-0.25, -0.2) is 0 Å². The molecule has 2 unspecified atom stereocenters. The number of benzene rings is 1. The minimum Gasteiger partial charge on any atom is -0.417 e. The average molecular weight is 769 g/mol. The van der Waals surface area contributed by atoms with Gasteiger partial charge in [0.25, 0.3) is 0 Å². The van der Waals surface area contributed by atoms with E-state index in [-0.39, 0.29) is 41.7 Å². The molecule has 3 fully saturated rings. The second kappa shape index (κ2) is 19.9. The highest BCUT2D eigenvalue weighted by Gasteiger charge is 2.45. The molecule has 3 heterocycles. The zero-order valence-electron chi connectivity index (χ0n) is 36.0. The molecule has 3 aliphatic rings. The normalized spacial score (nSPS) is 30.7. The molecule has 7 heteroatoms. The summed E-state index contributed by atoms with van der Waals surface area (Å²) in [5.74, 6) is 1.77. The Bertz CT molecular complexity index is 1260. The van der Waals surface area contributed by atoms with Crippen molar-refractivity contribution >= 4 is 16.6 Å². The Morgan fingerprint density at radius 1 is 0.849 bits per heavy atom. The molecule has 1 aromatic carbocycles. The summed E-state index contributed by atoms with van der Waals surface area (Å²) in [6.07, 6.45) is 10.0. The fourth-order valence-corrected chi connectivity index (χ4v) is 12.7. The van der Waals surface area contributed by atoms with E-state index in [0.29, 0.717) is 23.7 Å². The first kappa shape index (κ1) is 44.6. The lowest BCUT2D eigenvalue weighted by Gasteiger charge is -2.38. The first-order chi connectivity index (χ1) is 25.0. The van der Waals surface area contributed by atoms with Gasteiger partial charge in [0.15, 0.2) is 16.6 Å². The van der Waals surface area contributed by atoms with E-state index in [9.17, 15) is 0 Å². The highest BCUT2D eigenvalue weighted by molar-refractivity contribution is 6.74. The first-order valence-electron chi connectivity index (χ1n) is 21.7. The van der Waals surface area contributed by atoms with Crippen molar-refractivity contribution in [1.29, 1.82) is 0 Å². The molecule has 1 aromatic rings. The van der Waals surface area contributed by atoms with Crippen molar-refractivity contribution in [3.63, 3.8) is 0 Å². The van der Waals surface area contributed by atoms with Gasteiger partial charge in [0.05, 0.1) is 36.6 Å². The van der Waals surface area contributed by atoms with Crippen molar-refractivity contribution in [2.45, 2.75) is 193 Å². The Morgan fingerprint density at radius 2 is 1.51 bits per heavy atom. The topological polar surface area (TPSA) is 46.2 Å². The van der Waals surface area contributed by atoms with Gasteiger partial charge in [-0.05, 0) is 128 Å². The van der Waals surface area contributed by atoms with Crippen molar-refractivity contribution < 1.29 is 23.1 Å². The van der Waals surface area contributed by atoms with Gasteiger partial charge in [-0.15, -0.1) is 0 Å². The van der Waals surface area contributed by atoms with Gasteiger partial charge in [-0.3, -0.25) is 0 Å². The zero-order chi connectivity index (χ0) is 39.0. The lowest BCUT2D eigenvalue weighted by molar-refractivity contribution is -0.0747. The third-order valence-electron chi connectivity index (χ3n) is 14.1. The summed E-state index contributed by atoms with van der Waals surface area (Å²) in [5, 5.41) is 0.218. The van der Waals surface area contributed by atoms with Gasteiger partial charge in [-0.1, -0.05) is 106 Å². The molecule has 0 aromatic heterocycles. The van der Waals surface area contributed by atoms with Crippen LogP contribution in [0.2, 0.25) is 36.3 Å². The van der Waals surface area contributed by atoms with E-state index >= 15 is 0 Å². The number of rotatable bonds is 20.